The number of tetrazole rings is 1. The van der Waals surface area contributed by atoms with Gasteiger partial charge in [0.2, 0.25) is 0 Å². The predicted octanol–water partition coefficient (Wildman–Crippen LogP) is 2.52. The van der Waals surface area contributed by atoms with Crippen LogP contribution in [0.3, 0.4) is 0 Å². The summed E-state index contributed by atoms with van der Waals surface area (Å²) in [6, 6.07) is 6.87. The Balaban J connectivity index is 1.43. The molecule has 2 aliphatic heterocycles. The third kappa shape index (κ3) is 4.85. The molecule has 3 aliphatic rings. The molecule has 3 fully saturated rings. The van der Waals surface area contributed by atoms with E-state index in [0.717, 1.165) is 74.6 Å². The molecule has 1 aliphatic carbocycles. The van der Waals surface area contributed by atoms with Gasteiger partial charge in [0.05, 0.1) is 32.9 Å². The Hall–Kier alpha value is -2.23. The van der Waals surface area contributed by atoms with E-state index in [0.29, 0.717) is 6.54 Å². The van der Waals surface area contributed by atoms with Gasteiger partial charge in [0, 0.05) is 38.8 Å². The summed E-state index contributed by atoms with van der Waals surface area (Å²) in [5, 5.41) is 13.0. The zero-order valence-corrected chi connectivity index (χ0v) is 19.9. The van der Waals surface area contributed by atoms with Gasteiger partial charge >= 0.3 is 0 Å². The highest BCUT2D eigenvalue weighted by Crippen LogP contribution is 2.36. The van der Waals surface area contributed by atoms with Gasteiger partial charge in [-0.1, -0.05) is 18.9 Å². The molecule has 9 heteroatoms. The lowest BCUT2D eigenvalue weighted by molar-refractivity contribution is 0.0719. The fourth-order valence-corrected chi connectivity index (χ4v) is 5.69. The van der Waals surface area contributed by atoms with Crippen molar-refractivity contribution in [1.29, 1.82) is 0 Å². The molecule has 0 radical (unpaired) electrons. The monoisotopic (exact) mass is 456 g/mol. The van der Waals surface area contributed by atoms with Crippen molar-refractivity contribution in [3.8, 4) is 11.5 Å². The van der Waals surface area contributed by atoms with Gasteiger partial charge in [-0.25, -0.2) is 4.68 Å². The molecule has 5 rings (SSSR count). The molecule has 180 valence electrons. The lowest BCUT2D eigenvalue weighted by Gasteiger charge is -2.41. The van der Waals surface area contributed by atoms with Gasteiger partial charge < -0.3 is 14.2 Å². The van der Waals surface area contributed by atoms with Crippen LogP contribution in [-0.2, 0) is 11.3 Å². The molecular formula is C24H36N6O3. The number of hydrogen-bond donors (Lipinski definition) is 0. The molecule has 1 saturated carbocycles. The minimum Gasteiger partial charge on any atom is -0.493 e. The van der Waals surface area contributed by atoms with Gasteiger partial charge in [-0.3, -0.25) is 9.80 Å². The van der Waals surface area contributed by atoms with E-state index in [2.05, 4.69) is 37.5 Å². The zero-order valence-electron chi connectivity index (χ0n) is 19.9. The van der Waals surface area contributed by atoms with Crippen molar-refractivity contribution in [2.24, 2.45) is 0 Å². The first-order chi connectivity index (χ1) is 16.3. The van der Waals surface area contributed by atoms with Crippen LogP contribution < -0.4 is 9.47 Å². The first-order valence-electron chi connectivity index (χ1n) is 12.3. The number of hydrogen-bond acceptors (Lipinski definition) is 8. The second kappa shape index (κ2) is 10.4. The second-order valence-corrected chi connectivity index (χ2v) is 9.38. The van der Waals surface area contributed by atoms with Crippen LogP contribution >= 0.6 is 0 Å². The minimum atomic E-state index is -0.0491. The summed E-state index contributed by atoms with van der Waals surface area (Å²) in [6.45, 7) is 5.66. The Morgan fingerprint density at radius 3 is 2.48 bits per heavy atom. The van der Waals surface area contributed by atoms with Gasteiger partial charge in [-0.05, 0) is 53.8 Å². The molecule has 9 nitrogen and oxygen atoms in total. The average molecular weight is 457 g/mol. The molecular weight excluding hydrogens is 420 g/mol. The highest BCUT2D eigenvalue weighted by Gasteiger charge is 2.34. The number of ether oxygens (including phenoxy) is 3. The second-order valence-electron chi connectivity index (χ2n) is 9.38. The number of nitrogens with zero attached hydrogens (tertiary/aromatic N) is 6. The Kier molecular flexibility index (Phi) is 7.08. The maximum Gasteiger partial charge on any atom is 0.173 e. The third-order valence-corrected chi connectivity index (χ3v) is 7.48. The number of aromatic nitrogens is 4. The van der Waals surface area contributed by atoms with Gasteiger partial charge in [0.1, 0.15) is 0 Å². The Morgan fingerprint density at radius 2 is 1.79 bits per heavy atom. The van der Waals surface area contributed by atoms with E-state index in [1.54, 1.807) is 14.2 Å². The first-order valence-corrected chi connectivity index (χ1v) is 12.3. The summed E-state index contributed by atoms with van der Waals surface area (Å²) in [4.78, 5) is 5.20. The highest BCUT2D eigenvalue weighted by atomic mass is 16.5. The van der Waals surface area contributed by atoms with Crippen LogP contribution in [0, 0.1) is 0 Å². The Morgan fingerprint density at radius 1 is 1.00 bits per heavy atom. The van der Waals surface area contributed by atoms with Gasteiger partial charge in [-0.2, -0.15) is 0 Å². The number of piperazine rings is 1. The SMILES string of the molecule is COc1ccc(C(c2nnnn2CC2CCCO2)N2CCN(C3CCCC3)CC2)cc1OC. The van der Waals surface area contributed by atoms with Crippen LogP contribution in [0.15, 0.2) is 18.2 Å². The third-order valence-electron chi connectivity index (χ3n) is 7.48. The number of benzene rings is 1. The molecule has 0 spiro atoms. The summed E-state index contributed by atoms with van der Waals surface area (Å²) in [6.07, 6.45) is 7.77. The Labute approximate surface area is 196 Å². The molecule has 2 aromatic rings. The fraction of sp³-hybridized carbons (Fsp3) is 0.708. The van der Waals surface area contributed by atoms with E-state index < -0.39 is 0 Å². The topological polar surface area (TPSA) is 77.8 Å². The first kappa shape index (κ1) is 22.6. The summed E-state index contributed by atoms with van der Waals surface area (Å²) in [7, 11) is 3.35. The predicted molar refractivity (Wildman–Crippen MR) is 124 cm³/mol. The summed E-state index contributed by atoms with van der Waals surface area (Å²) in [5.41, 5.74) is 1.12. The van der Waals surface area contributed by atoms with Crippen molar-refractivity contribution in [2.45, 2.75) is 63.3 Å². The van der Waals surface area contributed by atoms with Crippen LogP contribution in [0.4, 0.5) is 0 Å². The van der Waals surface area contributed by atoms with E-state index in [4.69, 9.17) is 14.2 Å². The van der Waals surface area contributed by atoms with Gasteiger partial charge in [0.25, 0.3) is 0 Å². The van der Waals surface area contributed by atoms with Crippen molar-refractivity contribution >= 4 is 0 Å². The highest BCUT2D eigenvalue weighted by molar-refractivity contribution is 5.45. The summed E-state index contributed by atoms with van der Waals surface area (Å²) in [5.74, 6) is 2.32. The van der Waals surface area contributed by atoms with E-state index in [-0.39, 0.29) is 12.1 Å². The minimum absolute atomic E-state index is 0.0491. The van der Waals surface area contributed by atoms with Crippen LogP contribution in [0.5, 0.6) is 11.5 Å². The fourth-order valence-electron chi connectivity index (χ4n) is 5.69. The van der Waals surface area contributed by atoms with Crippen LogP contribution in [0.2, 0.25) is 0 Å². The zero-order chi connectivity index (χ0) is 22.6. The van der Waals surface area contributed by atoms with Crippen molar-refractivity contribution in [3.63, 3.8) is 0 Å². The van der Waals surface area contributed by atoms with Gasteiger partial charge in [0.15, 0.2) is 17.3 Å². The average Bonchev–Trinajstić information content (AvgIpc) is 3.64. The molecule has 0 amide bonds. The molecule has 2 saturated heterocycles. The van der Waals surface area contributed by atoms with Gasteiger partial charge in [-0.15, -0.1) is 5.10 Å². The smallest absolute Gasteiger partial charge is 0.173 e. The lowest BCUT2D eigenvalue weighted by atomic mass is 10.0. The number of methoxy groups -OCH3 is 2. The van der Waals surface area contributed by atoms with E-state index in [1.807, 2.05) is 10.7 Å². The normalized spacial score (nSPS) is 23.8. The molecule has 2 unspecified atom stereocenters. The van der Waals surface area contributed by atoms with Crippen molar-refractivity contribution in [3.05, 3.63) is 29.6 Å². The molecule has 3 heterocycles. The van der Waals surface area contributed by atoms with Crippen molar-refractivity contribution in [1.82, 2.24) is 30.0 Å². The molecule has 0 bridgehead atoms. The molecule has 2 atom stereocenters. The molecule has 1 aromatic heterocycles. The summed E-state index contributed by atoms with van der Waals surface area (Å²) >= 11 is 0. The quantitative estimate of drug-likeness (QED) is 0.600. The summed E-state index contributed by atoms with van der Waals surface area (Å²) < 4.78 is 18.9. The maximum atomic E-state index is 5.88. The molecule has 1 aromatic carbocycles. The van der Waals surface area contributed by atoms with Crippen LogP contribution in [0.1, 0.15) is 56.0 Å². The standard InChI is InChI=1S/C24H36N6O3/c1-31-21-10-9-18(16-22(21)32-2)23(24-25-26-27-30(24)17-20-8-5-15-33-20)29-13-11-28(12-14-29)19-6-3-4-7-19/h9-10,16,19-20,23H,3-8,11-15,17H2,1-2H3. The number of rotatable bonds is 8. The Bertz CT molecular complexity index is 901. The van der Waals surface area contributed by atoms with Crippen molar-refractivity contribution in [2.75, 3.05) is 47.0 Å². The van der Waals surface area contributed by atoms with E-state index in [9.17, 15) is 0 Å². The lowest BCUT2D eigenvalue weighted by Crippen LogP contribution is -2.51. The molecule has 0 N–H and O–H groups in total. The van der Waals surface area contributed by atoms with Crippen molar-refractivity contribution < 1.29 is 14.2 Å². The largest absolute Gasteiger partial charge is 0.493 e. The van der Waals surface area contributed by atoms with E-state index >= 15 is 0 Å². The maximum absolute atomic E-state index is 5.88. The molecule has 33 heavy (non-hydrogen) atoms. The van der Waals surface area contributed by atoms with E-state index in [1.165, 1.54) is 25.7 Å². The van der Waals surface area contributed by atoms with Crippen LogP contribution in [0.25, 0.3) is 0 Å². The van der Waals surface area contributed by atoms with Crippen LogP contribution in [-0.4, -0.2) is 89.2 Å².